The SMILES string of the molecule is Cc1cc(C(=O)O)c2occ(-c3ccccc3)c2c1. The van der Waals surface area contributed by atoms with Gasteiger partial charge in [-0.2, -0.15) is 0 Å². The van der Waals surface area contributed by atoms with E-state index in [9.17, 15) is 9.90 Å². The van der Waals surface area contributed by atoms with E-state index in [4.69, 9.17) is 4.42 Å². The lowest BCUT2D eigenvalue weighted by Gasteiger charge is -2.01. The molecule has 0 aliphatic carbocycles. The van der Waals surface area contributed by atoms with Gasteiger partial charge in [-0.3, -0.25) is 0 Å². The zero-order valence-electron chi connectivity index (χ0n) is 10.4. The lowest BCUT2D eigenvalue weighted by Crippen LogP contribution is -1.97. The molecule has 3 nitrogen and oxygen atoms in total. The van der Waals surface area contributed by atoms with E-state index in [-0.39, 0.29) is 5.56 Å². The first-order valence-electron chi connectivity index (χ1n) is 5.97. The van der Waals surface area contributed by atoms with Gasteiger partial charge in [0.15, 0.2) is 0 Å². The lowest BCUT2D eigenvalue weighted by molar-refractivity contribution is 0.0697. The van der Waals surface area contributed by atoms with Gasteiger partial charge < -0.3 is 9.52 Å². The van der Waals surface area contributed by atoms with Gasteiger partial charge >= 0.3 is 5.97 Å². The Morgan fingerprint density at radius 1 is 1.16 bits per heavy atom. The third kappa shape index (κ3) is 1.89. The van der Waals surface area contributed by atoms with Crippen molar-refractivity contribution >= 4 is 16.9 Å². The second-order valence-corrected chi connectivity index (χ2v) is 4.51. The van der Waals surface area contributed by atoms with Crippen LogP contribution >= 0.6 is 0 Å². The van der Waals surface area contributed by atoms with Crippen molar-refractivity contribution in [2.45, 2.75) is 6.92 Å². The molecule has 3 heteroatoms. The van der Waals surface area contributed by atoms with E-state index in [0.717, 1.165) is 22.1 Å². The summed E-state index contributed by atoms with van der Waals surface area (Å²) in [6.45, 7) is 1.88. The highest BCUT2D eigenvalue weighted by atomic mass is 16.4. The van der Waals surface area contributed by atoms with Crippen molar-refractivity contribution in [2.24, 2.45) is 0 Å². The molecule has 0 saturated heterocycles. The minimum Gasteiger partial charge on any atom is -0.478 e. The Balaban J connectivity index is 2.32. The van der Waals surface area contributed by atoms with Crippen LogP contribution in [-0.2, 0) is 0 Å². The van der Waals surface area contributed by atoms with Crippen LogP contribution in [0.15, 0.2) is 53.1 Å². The molecule has 0 amide bonds. The van der Waals surface area contributed by atoms with Crippen molar-refractivity contribution in [2.75, 3.05) is 0 Å². The maximum Gasteiger partial charge on any atom is 0.339 e. The number of aryl methyl sites for hydroxylation is 1. The van der Waals surface area contributed by atoms with E-state index in [1.54, 1.807) is 12.3 Å². The predicted molar refractivity (Wildman–Crippen MR) is 73.3 cm³/mol. The molecule has 0 saturated carbocycles. The molecule has 1 aromatic heterocycles. The molecule has 0 atom stereocenters. The van der Waals surface area contributed by atoms with E-state index in [0.29, 0.717) is 5.58 Å². The van der Waals surface area contributed by atoms with Gasteiger partial charge in [0.1, 0.15) is 11.1 Å². The minimum atomic E-state index is -0.970. The van der Waals surface area contributed by atoms with Gasteiger partial charge in [0, 0.05) is 10.9 Å². The first-order chi connectivity index (χ1) is 9.16. The molecule has 94 valence electrons. The Bertz CT molecular complexity index is 754. The molecule has 0 spiro atoms. The van der Waals surface area contributed by atoms with Crippen molar-refractivity contribution in [1.29, 1.82) is 0 Å². The summed E-state index contributed by atoms with van der Waals surface area (Å²) >= 11 is 0. The fraction of sp³-hybridized carbons (Fsp3) is 0.0625. The zero-order valence-corrected chi connectivity index (χ0v) is 10.4. The van der Waals surface area contributed by atoms with Gasteiger partial charge in [0.25, 0.3) is 0 Å². The molecule has 3 rings (SSSR count). The predicted octanol–water partition coefficient (Wildman–Crippen LogP) is 4.11. The van der Waals surface area contributed by atoms with Gasteiger partial charge in [-0.25, -0.2) is 4.79 Å². The highest BCUT2D eigenvalue weighted by molar-refractivity contribution is 6.06. The molecule has 0 aliphatic heterocycles. The largest absolute Gasteiger partial charge is 0.478 e. The minimum absolute atomic E-state index is 0.206. The highest BCUT2D eigenvalue weighted by Crippen LogP contribution is 2.33. The monoisotopic (exact) mass is 252 g/mol. The summed E-state index contributed by atoms with van der Waals surface area (Å²) in [5, 5.41) is 10.1. The molecule has 3 aromatic rings. The van der Waals surface area contributed by atoms with Crippen molar-refractivity contribution < 1.29 is 14.3 Å². The summed E-state index contributed by atoms with van der Waals surface area (Å²) in [6, 6.07) is 13.4. The van der Waals surface area contributed by atoms with Crippen LogP contribution in [0.2, 0.25) is 0 Å². The second kappa shape index (κ2) is 4.28. The van der Waals surface area contributed by atoms with Crippen LogP contribution < -0.4 is 0 Å². The third-order valence-electron chi connectivity index (χ3n) is 3.13. The average Bonchev–Trinajstić information content (AvgIpc) is 2.82. The van der Waals surface area contributed by atoms with Crippen LogP contribution in [0.5, 0.6) is 0 Å². The third-order valence-corrected chi connectivity index (χ3v) is 3.13. The van der Waals surface area contributed by atoms with Crippen molar-refractivity contribution in [3.05, 3.63) is 59.9 Å². The Hall–Kier alpha value is -2.55. The Morgan fingerprint density at radius 3 is 2.58 bits per heavy atom. The van der Waals surface area contributed by atoms with E-state index in [2.05, 4.69) is 0 Å². The Kier molecular flexibility index (Phi) is 2.60. The lowest BCUT2D eigenvalue weighted by atomic mass is 10.0. The first-order valence-corrected chi connectivity index (χ1v) is 5.97. The zero-order chi connectivity index (χ0) is 13.4. The van der Waals surface area contributed by atoms with Crippen LogP contribution in [0.4, 0.5) is 0 Å². The highest BCUT2D eigenvalue weighted by Gasteiger charge is 2.16. The Morgan fingerprint density at radius 2 is 1.89 bits per heavy atom. The number of hydrogen-bond acceptors (Lipinski definition) is 2. The molecular weight excluding hydrogens is 240 g/mol. The number of benzene rings is 2. The Labute approximate surface area is 110 Å². The van der Waals surface area contributed by atoms with Gasteiger partial charge in [-0.05, 0) is 30.2 Å². The van der Waals surface area contributed by atoms with E-state index >= 15 is 0 Å². The maximum absolute atomic E-state index is 11.3. The van der Waals surface area contributed by atoms with Crippen LogP contribution in [-0.4, -0.2) is 11.1 Å². The molecule has 19 heavy (non-hydrogen) atoms. The number of fused-ring (bicyclic) bond motifs is 1. The second-order valence-electron chi connectivity index (χ2n) is 4.51. The molecule has 0 fully saturated rings. The van der Waals surface area contributed by atoms with E-state index in [1.165, 1.54) is 0 Å². The molecular formula is C16H12O3. The van der Waals surface area contributed by atoms with Crippen LogP contribution in [0, 0.1) is 6.92 Å². The summed E-state index contributed by atoms with van der Waals surface area (Å²) in [4.78, 5) is 11.3. The van der Waals surface area contributed by atoms with Gasteiger partial charge in [0.2, 0.25) is 0 Å². The number of aromatic carboxylic acids is 1. The topological polar surface area (TPSA) is 50.4 Å². The summed E-state index contributed by atoms with van der Waals surface area (Å²) < 4.78 is 5.47. The molecule has 1 heterocycles. The van der Waals surface area contributed by atoms with Crippen LogP contribution in [0.3, 0.4) is 0 Å². The number of carboxylic acid groups (broad SMARTS) is 1. The molecule has 0 aliphatic rings. The number of carbonyl (C=O) groups is 1. The standard InChI is InChI=1S/C16H12O3/c1-10-7-12-14(11-5-3-2-4-6-11)9-19-15(12)13(8-10)16(17)18/h2-9H,1H3,(H,17,18). The molecule has 0 radical (unpaired) electrons. The van der Waals surface area contributed by atoms with E-state index in [1.807, 2.05) is 43.3 Å². The van der Waals surface area contributed by atoms with Gasteiger partial charge in [0.05, 0.1) is 6.26 Å². The number of rotatable bonds is 2. The van der Waals surface area contributed by atoms with Gasteiger partial charge in [-0.1, -0.05) is 30.3 Å². The van der Waals surface area contributed by atoms with Gasteiger partial charge in [-0.15, -0.1) is 0 Å². The summed E-state index contributed by atoms with van der Waals surface area (Å²) in [5.74, 6) is -0.970. The molecule has 2 aromatic carbocycles. The molecule has 0 bridgehead atoms. The average molecular weight is 252 g/mol. The number of carboxylic acids is 1. The van der Waals surface area contributed by atoms with Crippen molar-refractivity contribution in [3.63, 3.8) is 0 Å². The molecule has 1 N–H and O–H groups in total. The quantitative estimate of drug-likeness (QED) is 0.746. The first kappa shape index (κ1) is 11.5. The fourth-order valence-corrected chi connectivity index (χ4v) is 2.28. The molecule has 0 unspecified atom stereocenters. The number of hydrogen-bond donors (Lipinski definition) is 1. The van der Waals surface area contributed by atoms with E-state index < -0.39 is 5.97 Å². The number of furan rings is 1. The summed E-state index contributed by atoms with van der Waals surface area (Å²) in [6.07, 6.45) is 1.62. The normalized spacial score (nSPS) is 10.8. The van der Waals surface area contributed by atoms with Crippen molar-refractivity contribution in [1.82, 2.24) is 0 Å². The van der Waals surface area contributed by atoms with Crippen LogP contribution in [0.1, 0.15) is 15.9 Å². The smallest absolute Gasteiger partial charge is 0.339 e. The van der Waals surface area contributed by atoms with Crippen molar-refractivity contribution in [3.8, 4) is 11.1 Å². The summed E-state index contributed by atoms with van der Waals surface area (Å²) in [7, 11) is 0. The fourth-order valence-electron chi connectivity index (χ4n) is 2.28. The summed E-state index contributed by atoms with van der Waals surface area (Å²) in [5.41, 5.74) is 3.47. The maximum atomic E-state index is 11.3. The van der Waals surface area contributed by atoms with Crippen LogP contribution in [0.25, 0.3) is 22.1 Å².